The number of carbonyl (C=O) groups excluding carboxylic acids is 2. The molecule has 0 spiro atoms. The maximum atomic E-state index is 13.6. The van der Waals surface area contributed by atoms with Gasteiger partial charge in [-0.15, -0.1) is 0 Å². The molecule has 9 nitrogen and oxygen atoms in total. The molecule has 0 bridgehead atoms. The first kappa shape index (κ1) is 25.7. The fourth-order valence-corrected chi connectivity index (χ4v) is 4.15. The number of nitro benzene ring substituents is 1. The molecule has 1 N–H and O–H groups in total. The lowest BCUT2D eigenvalue weighted by atomic mass is 10.0. The number of halogens is 3. The number of piperazine rings is 1. The average Bonchev–Trinajstić information content (AvgIpc) is 3.33. The highest BCUT2D eigenvalue weighted by molar-refractivity contribution is 6.02. The zero-order valence-corrected chi connectivity index (χ0v) is 19.7. The molecule has 0 aliphatic carbocycles. The number of aromatic amines is 1. The van der Waals surface area contributed by atoms with Crippen LogP contribution in [0, 0.1) is 10.1 Å². The van der Waals surface area contributed by atoms with Gasteiger partial charge in [0.1, 0.15) is 0 Å². The van der Waals surface area contributed by atoms with Gasteiger partial charge < -0.3 is 19.5 Å². The number of para-hydroxylation sites is 1. The molecule has 2 aromatic carbocycles. The summed E-state index contributed by atoms with van der Waals surface area (Å²) in [6.45, 7) is 2.86. The highest BCUT2D eigenvalue weighted by Crippen LogP contribution is 2.36. The summed E-state index contributed by atoms with van der Waals surface area (Å²) >= 11 is 0. The molecule has 0 atom stereocenters. The second-order valence-electron chi connectivity index (χ2n) is 8.30. The summed E-state index contributed by atoms with van der Waals surface area (Å²) in [5, 5.41) is 11.7. The molecule has 2 heterocycles. The Bertz CT molecular complexity index is 1310. The van der Waals surface area contributed by atoms with Gasteiger partial charge in [0.15, 0.2) is 0 Å². The van der Waals surface area contributed by atoms with Crippen LogP contribution in [-0.4, -0.2) is 64.5 Å². The van der Waals surface area contributed by atoms with Gasteiger partial charge in [-0.05, 0) is 36.8 Å². The first-order valence-corrected chi connectivity index (χ1v) is 11.5. The summed E-state index contributed by atoms with van der Waals surface area (Å²) in [7, 11) is 0. The third-order valence-corrected chi connectivity index (χ3v) is 6.03. The smallest absolute Gasteiger partial charge is 0.416 e. The van der Waals surface area contributed by atoms with E-state index in [0.29, 0.717) is 11.3 Å². The van der Waals surface area contributed by atoms with Crippen LogP contribution in [0.5, 0.6) is 0 Å². The summed E-state index contributed by atoms with van der Waals surface area (Å²) in [5.74, 6) is -0.425. The molecule has 0 unspecified atom stereocenters. The van der Waals surface area contributed by atoms with E-state index in [2.05, 4.69) is 4.98 Å². The van der Waals surface area contributed by atoms with Gasteiger partial charge in [0.05, 0.1) is 33.9 Å². The van der Waals surface area contributed by atoms with Crippen LogP contribution in [0.15, 0.2) is 54.6 Å². The number of ether oxygens (including phenoxy) is 1. The number of amides is 2. The summed E-state index contributed by atoms with van der Waals surface area (Å²) in [6.07, 6.45) is -4.97. The molecule has 1 aromatic heterocycles. The minimum atomic E-state index is -4.50. The number of nitro groups is 1. The first-order chi connectivity index (χ1) is 17.6. The molecule has 1 aliphatic rings. The van der Waals surface area contributed by atoms with E-state index in [9.17, 15) is 32.9 Å². The Morgan fingerprint density at radius 2 is 1.65 bits per heavy atom. The Labute approximate surface area is 209 Å². The van der Waals surface area contributed by atoms with Crippen LogP contribution in [0.25, 0.3) is 22.5 Å². The van der Waals surface area contributed by atoms with Gasteiger partial charge in [0.2, 0.25) is 0 Å². The Morgan fingerprint density at radius 1 is 1.03 bits per heavy atom. The summed E-state index contributed by atoms with van der Waals surface area (Å²) in [4.78, 5) is 42.7. The van der Waals surface area contributed by atoms with Gasteiger partial charge in [0.25, 0.3) is 11.6 Å². The number of benzene rings is 2. The molecule has 194 valence electrons. The fraction of sp³-hybridized carbons (Fsp3) is 0.280. The molecule has 1 aliphatic heterocycles. The summed E-state index contributed by atoms with van der Waals surface area (Å²) < 4.78 is 44.0. The minimum Gasteiger partial charge on any atom is -0.450 e. The van der Waals surface area contributed by atoms with Crippen molar-refractivity contribution in [1.29, 1.82) is 0 Å². The van der Waals surface area contributed by atoms with Crippen molar-refractivity contribution in [3.63, 3.8) is 0 Å². The van der Waals surface area contributed by atoms with Crippen molar-refractivity contribution in [3.05, 3.63) is 75.8 Å². The van der Waals surface area contributed by atoms with Crippen LogP contribution < -0.4 is 0 Å². The highest BCUT2D eigenvalue weighted by atomic mass is 19.4. The SMILES string of the molecule is CCOC(=O)N1CCN(C(=O)c2cc(-c3ccc(C(F)(F)F)cc3)[nH]c2-c2ccccc2[N+](=O)[O-])CC1. The Balaban J connectivity index is 1.71. The van der Waals surface area contributed by atoms with E-state index in [1.807, 2.05) is 0 Å². The zero-order valence-electron chi connectivity index (χ0n) is 19.7. The highest BCUT2D eigenvalue weighted by Gasteiger charge is 2.31. The fourth-order valence-electron chi connectivity index (χ4n) is 4.15. The van der Waals surface area contributed by atoms with Gasteiger partial charge in [-0.2, -0.15) is 13.2 Å². The van der Waals surface area contributed by atoms with Gasteiger partial charge in [-0.3, -0.25) is 14.9 Å². The van der Waals surface area contributed by atoms with Crippen molar-refractivity contribution >= 4 is 17.7 Å². The maximum absolute atomic E-state index is 13.6. The van der Waals surface area contributed by atoms with Crippen molar-refractivity contribution in [2.24, 2.45) is 0 Å². The number of hydrogen-bond acceptors (Lipinski definition) is 5. The molecular weight excluding hydrogens is 493 g/mol. The van der Waals surface area contributed by atoms with Crippen molar-refractivity contribution in [1.82, 2.24) is 14.8 Å². The molecule has 1 saturated heterocycles. The van der Waals surface area contributed by atoms with Gasteiger partial charge in [-0.25, -0.2) is 4.79 Å². The van der Waals surface area contributed by atoms with Gasteiger partial charge >= 0.3 is 12.3 Å². The normalized spacial score (nSPS) is 13.9. The lowest BCUT2D eigenvalue weighted by Gasteiger charge is -2.34. The molecule has 4 rings (SSSR count). The van der Waals surface area contributed by atoms with E-state index < -0.39 is 28.7 Å². The zero-order chi connectivity index (χ0) is 26.7. The van der Waals surface area contributed by atoms with Crippen molar-refractivity contribution < 1.29 is 32.4 Å². The van der Waals surface area contributed by atoms with Crippen LogP contribution in [-0.2, 0) is 10.9 Å². The van der Waals surface area contributed by atoms with Gasteiger partial charge in [-0.1, -0.05) is 24.3 Å². The maximum Gasteiger partial charge on any atom is 0.416 e. The van der Waals surface area contributed by atoms with E-state index in [4.69, 9.17) is 4.74 Å². The number of rotatable bonds is 5. The Kier molecular flexibility index (Phi) is 7.18. The predicted molar refractivity (Wildman–Crippen MR) is 128 cm³/mol. The van der Waals surface area contributed by atoms with Crippen LogP contribution in [0.4, 0.5) is 23.7 Å². The largest absolute Gasteiger partial charge is 0.450 e. The second kappa shape index (κ2) is 10.3. The Hall–Kier alpha value is -4.35. The van der Waals surface area contributed by atoms with E-state index in [0.717, 1.165) is 12.1 Å². The standard InChI is InChI=1S/C25H23F3N4O5/c1-2-37-24(34)31-13-11-30(12-14-31)23(33)19-15-20(16-7-9-17(10-8-16)25(26,27)28)29-22(19)18-5-3-4-6-21(18)32(35)36/h3-10,15,29H,2,11-14H2,1H3. The molecular formula is C25H23F3N4O5. The molecule has 0 saturated carbocycles. The molecule has 0 radical (unpaired) electrons. The van der Waals surface area contributed by atoms with E-state index in [1.165, 1.54) is 46.2 Å². The van der Waals surface area contributed by atoms with Crippen molar-refractivity contribution in [3.8, 4) is 22.5 Å². The van der Waals surface area contributed by atoms with E-state index >= 15 is 0 Å². The number of hydrogen-bond donors (Lipinski definition) is 1. The number of alkyl halides is 3. The third kappa shape index (κ3) is 5.42. The van der Waals surface area contributed by atoms with E-state index in [-0.39, 0.29) is 55.3 Å². The number of nitrogens with zero attached hydrogens (tertiary/aromatic N) is 3. The lowest BCUT2D eigenvalue weighted by molar-refractivity contribution is -0.384. The number of H-pyrrole nitrogens is 1. The van der Waals surface area contributed by atoms with Gasteiger partial charge in [0, 0.05) is 37.9 Å². The summed E-state index contributed by atoms with van der Waals surface area (Å²) in [5.41, 5.74) is 0.129. The monoisotopic (exact) mass is 516 g/mol. The Morgan fingerprint density at radius 3 is 2.24 bits per heavy atom. The minimum absolute atomic E-state index is 0.133. The number of carbonyl (C=O) groups is 2. The van der Waals surface area contributed by atoms with E-state index in [1.54, 1.807) is 13.0 Å². The van der Waals surface area contributed by atoms with Crippen LogP contribution in [0.3, 0.4) is 0 Å². The average molecular weight is 516 g/mol. The van der Waals surface area contributed by atoms with Crippen molar-refractivity contribution in [2.45, 2.75) is 13.1 Å². The van der Waals surface area contributed by atoms with Crippen LogP contribution >= 0.6 is 0 Å². The quantitative estimate of drug-likeness (QED) is 0.371. The van der Waals surface area contributed by atoms with Crippen molar-refractivity contribution in [2.75, 3.05) is 32.8 Å². The molecule has 2 amide bonds. The molecule has 12 heteroatoms. The molecule has 3 aromatic rings. The molecule has 1 fully saturated rings. The number of aromatic nitrogens is 1. The topological polar surface area (TPSA) is 109 Å². The summed E-state index contributed by atoms with van der Waals surface area (Å²) in [6, 6.07) is 11.8. The first-order valence-electron chi connectivity index (χ1n) is 11.5. The predicted octanol–water partition coefficient (Wildman–Crippen LogP) is 5.19. The number of nitrogens with one attached hydrogen (secondary N) is 1. The molecule has 37 heavy (non-hydrogen) atoms. The third-order valence-electron chi connectivity index (χ3n) is 6.03. The second-order valence-corrected chi connectivity index (χ2v) is 8.30. The van der Waals surface area contributed by atoms with Crippen LogP contribution in [0.2, 0.25) is 0 Å². The van der Waals surface area contributed by atoms with Crippen LogP contribution in [0.1, 0.15) is 22.8 Å². The lowest BCUT2D eigenvalue weighted by Crippen LogP contribution is -2.50.